The topological polar surface area (TPSA) is 85.1 Å². The lowest BCUT2D eigenvalue weighted by Gasteiger charge is -2.28. The van der Waals surface area contributed by atoms with Gasteiger partial charge in [0.05, 0.1) is 12.1 Å². The Morgan fingerprint density at radius 1 is 1.12 bits per heavy atom. The van der Waals surface area contributed by atoms with Crippen LogP contribution in [0.3, 0.4) is 0 Å². The highest BCUT2D eigenvalue weighted by molar-refractivity contribution is 5.97. The largest absolute Gasteiger partial charge is 0.454 e. The number of carbonyl (C=O) groups is 2. The van der Waals surface area contributed by atoms with Gasteiger partial charge in [-0.2, -0.15) is 0 Å². The molecule has 1 fully saturated rings. The third-order valence-corrected chi connectivity index (χ3v) is 4.59. The molecule has 136 valence electrons. The minimum absolute atomic E-state index is 0.138. The van der Waals surface area contributed by atoms with E-state index in [1.807, 2.05) is 6.07 Å². The Labute approximate surface area is 150 Å². The van der Waals surface area contributed by atoms with Crippen LogP contribution in [0.5, 0.6) is 11.5 Å². The van der Waals surface area contributed by atoms with Gasteiger partial charge in [-0.1, -0.05) is 11.2 Å². The van der Waals surface area contributed by atoms with E-state index in [2.05, 4.69) is 5.16 Å². The van der Waals surface area contributed by atoms with Crippen molar-refractivity contribution in [2.75, 3.05) is 19.9 Å². The SMILES string of the molecule is Cc1noc(C)c1C(=O)N1CCCN1C(=O)Cc1ccc2c(c1)OCO2. The van der Waals surface area contributed by atoms with Crippen LogP contribution >= 0.6 is 0 Å². The molecule has 2 aliphatic heterocycles. The van der Waals surface area contributed by atoms with Gasteiger partial charge in [0.15, 0.2) is 11.5 Å². The van der Waals surface area contributed by atoms with E-state index in [1.54, 1.807) is 26.0 Å². The molecule has 26 heavy (non-hydrogen) atoms. The lowest BCUT2D eigenvalue weighted by atomic mass is 10.1. The molecule has 0 spiro atoms. The van der Waals surface area contributed by atoms with Gasteiger partial charge in [0.2, 0.25) is 12.7 Å². The van der Waals surface area contributed by atoms with Crippen LogP contribution in [0.4, 0.5) is 0 Å². The van der Waals surface area contributed by atoms with Gasteiger partial charge in [-0.25, -0.2) is 5.01 Å². The average molecular weight is 357 g/mol. The number of aryl methyl sites for hydroxylation is 2. The molecule has 4 rings (SSSR count). The summed E-state index contributed by atoms with van der Waals surface area (Å²) in [7, 11) is 0. The van der Waals surface area contributed by atoms with Crippen molar-refractivity contribution in [3.63, 3.8) is 0 Å². The first kappa shape index (κ1) is 16.4. The van der Waals surface area contributed by atoms with Crippen molar-refractivity contribution in [3.8, 4) is 11.5 Å². The van der Waals surface area contributed by atoms with Crippen molar-refractivity contribution in [2.45, 2.75) is 26.7 Å². The molecular formula is C18H19N3O5. The van der Waals surface area contributed by atoms with Crippen molar-refractivity contribution in [3.05, 3.63) is 40.8 Å². The van der Waals surface area contributed by atoms with Gasteiger partial charge in [-0.05, 0) is 38.0 Å². The Morgan fingerprint density at radius 2 is 1.88 bits per heavy atom. The fourth-order valence-electron chi connectivity index (χ4n) is 3.32. The standard InChI is InChI=1S/C18H19N3O5/c1-11-17(12(2)26-19-11)18(23)21-7-3-6-20(21)16(22)9-13-4-5-14-15(8-13)25-10-24-14/h4-5,8H,3,6-7,9-10H2,1-2H3. The molecule has 2 amide bonds. The van der Waals surface area contributed by atoms with Gasteiger partial charge in [0.25, 0.3) is 5.91 Å². The number of rotatable bonds is 3. The van der Waals surface area contributed by atoms with Gasteiger partial charge in [-0.3, -0.25) is 14.6 Å². The maximum atomic E-state index is 12.9. The fourth-order valence-corrected chi connectivity index (χ4v) is 3.32. The number of nitrogens with zero attached hydrogens (tertiary/aromatic N) is 3. The first-order valence-corrected chi connectivity index (χ1v) is 8.48. The van der Waals surface area contributed by atoms with Crippen LogP contribution in [0.25, 0.3) is 0 Å². The molecule has 2 aromatic rings. The molecule has 0 unspecified atom stereocenters. The minimum Gasteiger partial charge on any atom is -0.454 e. The van der Waals surface area contributed by atoms with E-state index in [9.17, 15) is 9.59 Å². The van der Waals surface area contributed by atoms with Gasteiger partial charge in [0, 0.05) is 13.1 Å². The van der Waals surface area contributed by atoms with Crippen LogP contribution in [0.15, 0.2) is 22.7 Å². The Kier molecular flexibility index (Phi) is 4.02. The molecule has 2 aliphatic rings. The first-order valence-electron chi connectivity index (χ1n) is 8.48. The Hall–Kier alpha value is -3.03. The molecule has 1 aromatic carbocycles. The number of benzene rings is 1. The van der Waals surface area contributed by atoms with E-state index in [0.717, 1.165) is 12.0 Å². The normalized spacial score (nSPS) is 15.6. The summed E-state index contributed by atoms with van der Waals surface area (Å²) in [5.41, 5.74) is 1.77. The van der Waals surface area contributed by atoms with Crippen LogP contribution in [0, 0.1) is 13.8 Å². The lowest BCUT2D eigenvalue weighted by Crippen LogP contribution is -2.45. The summed E-state index contributed by atoms with van der Waals surface area (Å²) < 4.78 is 15.7. The third kappa shape index (κ3) is 2.77. The number of amides is 2. The summed E-state index contributed by atoms with van der Waals surface area (Å²) in [6, 6.07) is 5.43. The van der Waals surface area contributed by atoms with Gasteiger partial charge >= 0.3 is 0 Å². The van der Waals surface area contributed by atoms with E-state index < -0.39 is 0 Å². The molecule has 8 heteroatoms. The molecule has 1 saturated heterocycles. The number of fused-ring (bicyclic) bond motifs is 1. The van der Waals surface area contributed by atoms with E-state index in [-0.39, 0.29) is 25.0 Å². The number of hydrogen-bond acceptors (Lipinski definition) is 6. The van der Waals surface area contributed by atoms with Crippen LogP contribution in [-0.4, -0.2) is 46.9 Å². The van der Waals surface area contributed by atoms with Crippen LogP contribution in [0.1, 0.15) is 33.8 Å². The molecule has 0 atom stereocenters. The summed E-state index contributed by atoms with van der Waals surface area (Å²) >= 11 is 0. The van der Waals surface area contributed by atoms with Gasteiger partial charge in [-0.15, -0.1) is 0 Å². The zero-order valence-corrected chi connectivity index (χ0v) is 14.7. The first-order chi connectivity index (χ1) is 12.5. The molecule has 0 aliphatic carbocycles. The monoisotopic (exact) mass is 357 g/mol. The zero-order chi connectivity index (χ0) is 18.3. The minimum atomic E-state index is -0.252. The zero-order valence-electron chi connectivity index (χ0n) is 14.7. The van der Waals surface area contributed by atoms with Crippen molar-refractivity contribution in [2.24, 2.45) is 0 Å². The molecule has 1 aromatic heterocycles. The maximum absolute atomic E-state index is 12.9. The van der Waals surface area contributed by atoms with E-state index in [1.165, 1.54) is 10.0 Å². The number of hydrazine groups is 1. The summed E-state index contributed by atoms with van der Waals surface area (Å²) in [5, 5.41) is 6.83. The molecule has 0 N–H and O–H groups in total. The summed E-state index contributed by atoms with van der Waals surface area (Å²) in [4.78, 5) is 25.7. The Morgan fingerprint density at radius 3 is 2.65 bits per heavy atom. The van der Waals surface area contributed by atoms with E-state index in [0.29, 0.717) is 41.6 Å². The van der Waals surface area contributed by atoms with E-state index in [4.69, 9.17) is 14.0 Å². The second-order valence-corrected chi connectivity index (χ2v) is 6.36. The van der Waals surface area contributed by atoms with Crippen molar-refractivity contribution in [1.29, 1.82) is 0 Å². The van der Waals surface area contributed by atoms with Gasteiger partial charge < -0.3 is 14.0 Å². The highest BCUT2D eigenvalue weighted by atomic mass is 16.7. The third-order valence-electron chi connectivity index (χ3n) is 4.59. The fraction of sp³-hybridized carbons (Fsp3) is 0.389. The average Bonchev–Trinajstić information content (AvgIpc) is 3.34. The Balaban J connectivity index is 1.51. The smallest absolute Gasteiger partial charge is 0.277 e. The number of hydrogen-bond donors (Lipinski definition) is 0. The summed E-state index contributed by atoms with van der Waals surface area (Å²) in [5.74, 6) is 1.39. The van der Waals surface area contributed by atoms with Crippen molar-refractivity contribution >= 4 is 11.8 Å². The molecule has 0 saturated carbocycles. The number of carbonyl (C=O) groups excluding carboxylic acids is 2. The molecule has 8 nitrogen and oxygen atoms in total. The lowest BCUT2D eigenvalue weighted by molar-refractivity contribution is -0.139. The van der Waals surface area contributed by atoms with E-state index >= 15 is 0 Å². The summed E-state index contributed by atoms with van der Waals surface area (Å²) in [6.07, 6.45) is 0.921. The number of ether oxygens (including phenoxy) is 2. The maximum Gasteiger partial charge on any atom is 0.277 e. The van der Waals surface area contributed by atoms with Crippen molar-refractivity contribution < 1.29 is 23.6 Å². The molecule has 0 radical (unpaired) electrons. The highest BCUT2D eigenvalue weighted by Gasteiger charge is 2.34. The van der Waals surface area contributed by atoms with Crippen LogP contribution in [-0.2, 0) is 11.2 Å². The van der Waals surface area contributed by atoms with Crippen LogP contribution < -0.4 is 9.47 Å². The second-order valence-electron chi connectivity index (χ2n) is 6.36. The number of aromatic nitrogens is 1. The van der Waals surface area contributed by atoms with Crippen LogP contribution in [0.2, 0.25) is 0 Å². The second kappa shape index (κ2) is 6.36. The predicted molar refractivity (Wildman–Crippen MR) is 89.6 cm³/mol. The quantitative estimate of drug-likeness (QED) is 0.833. The molecule has 3 heterocycles. The highest BCUT2D eigenvalue weighted by Crippen LogP contribution is 2.33. The summed E-state index contributed by atoms with van der Waals surface area (Å²) in [6.45, 7) is 4.62. The predicted octanol–water partition coefficient (Wildman–Crippen LogP) is 1.85. The van der Waals surface area contributed by atoms with Gasteiger partial charge in [0.1, 0.15) is 11.3 Å². The Bertz CT molecular complexity index is 856. The van der Waals surface area contributed by atoms with Crippen molar-refractivity contribution in [1.82, 2.24) is 15.2 Å². The molecular weight excluding hydrogens is 338 g/mol. The molecule has 0 bridgehead atoms.